The van der Waals surface area contributed by atoms with E-state index >= 15 is 0 Å². The van der Waals surface area contributed by atoms with Gasteiger partial charge in [0.25, 0.3) is 6.43 Å². The Morgan fingerprint density at radius 3 is 2.40 bits per heavy atom. The molecular weight excluding hydrogens is 301 g/mol. The van der Waals surface area contributed by atoms with Crippen LogP contribution in [0.3, 0.4) is 0 Å². The first-order valence-electron chi connectivity index (χ1n) is 3.40. The van der Waals surface area contributed by atoms with E-state index in [0.717, 1.165) is 0 Å². The molecule has 0 fully saturated rings. The van der Waals surface area contributed by atoms with Crippen molar-refractivity contribution in [3.05, 3.63) is 22.2 Å². The second-order valence-corrected chi connectivity index (χ2v) is 4.77. The third-order valence-corrected chi connectivity index (χ3v) is 3.47. The van der Waals surface area contributed by atoms with Gasteiger partial charge in [-0.05, 0) is 15.9 Å². The van der Waals surface area contributed by atoms with Crippen molar-refractivity contribution in [2.45, 2.75) is 11.3 Å². The molecule has 0 unspecified atom stereocenters. The Morgan fingerprint density at radius 1 is 1.47 bits per heavy atom. The van der Waals surface area contributed by atoms with Crippen LogP contribution < -0.4 is 5.14 Å². The molecule has 1 aromatic heterocycles. The van der Waals surface area contributed by atoms with Gasteiger partial charge in [-0.25, -0.2) is 26.7 Å². The number of halogens is 4. The van der Waals surface area contributed by atoms with E-state index in [9.17, 15) is 21.6 Å². The first-order chi connectivity index (χ1) is 6.75. The second-order valence-electron chi connectivity index (χ2n) is 2.48. The summed E-state index contributed by atoms with van der Waals surface area (Å²) in [6.45, 7) is 0. The molecule has 0 atom stereocenters. The predicted molar refractivity (Wildman–Crippen MR) is 48.2 cm³/mol. The van der Waals surface area contributed by atoms with Crippen LogP contribution >= 0.6 is 15.9 Å². The molecule has 0 saturated carbocycles. The van der Waals surface area contributed by atoms with Gasteiger partial charge < -0.3 is 0 Å². The van der Waals surface area contributed by atoms with Crippen LogP contribution in [0.2, 0.25) is 0 Å². The maximum Gasteiger partial charge on any atom is 0.281 e. The van der Waals surface area contributed by atoms with Gasteiger partial charge in [-0.15, -0.1) is 0 Å². The topological polar surface area (TPSA) is 73.1 Å². The zero-order valence-corrected chi connectivity index (χ0v) is 9.32. The summed E-state index contributed by atoms with van der Waals surface area (Å²) >= 11 is 2.53. The Hall–Kier alpha value is -0.670. The highest BCUT2D eigenvalue weighted by Crippen LogP contribution is 2.31. The number of alkyl halides is 2. The molecule has 0 amide bonds. The Balaban J connectivity index is 3.65. The van der Waals surface area contributed by atoms with E-state index in [4.69, 9.17) is 0 Å². The van der Waals surface area contributed by atoms with Gasteiger partial charge in [-0.3, -0.25) is 4.98 Å². The summed E-state index contributed by atoms with van der Waals surface area (Å²) in [6, 6.07) is 0. The lowest BCUT2D eigenvalue weighted by Gasteiger charge is -2.08. The van der Waals surface area contributed by atoms with Gasteiger partial charge in [0.2, 0.25) is 10.0 Å². The van der Waals surface area contributed by atoms with Gasteiger partial charge in [0.15, 0.2) is 5.82 Å². The van der Waals surface area contributed by atoms with Crippen molar-refractivity contribution in [1.82, 2.24) is 4.98 Å². The molecule has 1 aromatic rings. The molecule has 9 heteroatoms. The molecule has 0 aromatic carbocycles. The summed E-state index contributed by atoms with van der Waals surface area (Å²) in [7, 11) is -4.46. The molecular formula is C6H4BrF3N2O2S. The molecule has 1 rings (SSSR count). The number of nitrogens with two attached hydrogens (primary N) is 1. The zero-order valence-electron chi connectivity index (χ0n) is 6.92. The minimum atomic E-state index is -4.46. The second kappa shape index (κ2) is 4.06. The molecule has 0 bridgehead atoms. The molecule has 0 radical (unpaired) electrons. The fourth-order valence-electron chi connectivity index (χ4n) is 0.889. The van der Waals surface area contributed by atoms with Crippen LogP contribution in [0.25, 0.3) is 0 Å². The van der Waals surface area contributed by atoms with Crippen molar-refractivity contribution < 1.29 is 21.6 Å². The normalized spacial score (nSPS) is 12.1. The van der Waals surface area contributed by atoms with Crippen LogP contribution in [0.15, 0.2) is 15.6 Å². The number of sulfonamides is 1. The number of aromatic nitrogens is 1. The van der Waals surface area contributed by atoms with Crippen LogP contribution in [-0.4, -0.2) is 13.4 Å². The van der Waals surface area contributed by atoms with Crippen molar-refractivity contribution >= 4 is 26.0 Å². The number of hydrogen-bond donors (Lipinski definition) is 1. The third kappa shape index (κ3) is 2.47. The van der Waals surface area contributed by atoms with Crippen LogP contribution in [-0.2, 0) is 10.0 Å². The van der Waals surface area contributed by atoms with Crippen molar-refractivity contribution in [2.24, 2.45) is 5.14 Å². The maximum atomic E-state index is 12.9. The lowest BCUT2D eigenvalue weighted by molar-refractivity contribution is 0.142. The standard InChI is InChI=1S/C6H4BrF3N2O2S/c7-3-2(8)1-12-4(6(9)10)5(3)15(11,13)14/h1,6H,(H2,11,13,14). The Morgan fingerprint density at radius 2 is 2.00 bits per heavy atom. The van der Waals surface area contributed by atoms with E-state index < -0.39 is 37.3 Å². The highest BCUT2D eigenvalue weighted by Gasteiger charge is 2.27. The van der Waals surface area contributed by atoms with Crippen LogP contribution in [0.1, 0.15) is 12.1 Å². The van der Waals surface area contributed by atoms with E-state index in [1.54, 1.807) is 0 Å². The minimum absolute atomic E-state index is 0.486. The quantitative estimate of drug-likeness (QED) is 0.901. The minimum Gasteiger partial charge on any atom is -0.251 e. The molecule has 84 valence electrons. The summed E-state index contributed by atoms with van der Waals surface area (Å²) in [5.74, 6) is -1.08. The number of pyridine rings is 1. The smallest absolute Gasteiger partial charge is 0.251 e. The lowest BCUT2D eigenvalue weighted by Crippen LogP contribution is -2.17. The maximum absolute atomic E-state index is 12.9. The average molecular weight is 305 g/mol. The van der Waals surface area contributed by atoms with Crippen LogP contribution in [0.5, 0.6) is 0 Å². The van der Waals surface area contributed by atoms with E-state index in [-0.39, 0.29) is 0 Å². The highest BCUT2D eigenvalue weighted by atomic mass is 79.9. The van der Waals surface area contributed by atoms with Gasteiger partial charge >= 0.3 is 0 Å². The summed E-state index contributed by atoms with van der Waals surface area (Å²) in [4.78, 5) is 1.96. The molecule has 0 saturated heterocycles. The monoisotopic (exact) mass is 304 g/mol. The summed E-state index contributed by atoms with van der Waals surface area (Å²) in [6.07, 6.45) is -2.67. The lowest BCUT2D eigenvalue weighted by atomic mass is 10.3. The molecule has 0 spiro atoms. The van der Waals surface area contributed by atoms with Crippen molar-refractivity contribution in [2.75, 3.05) is 0 Å². The van der Waals surface area contributed by atoms with E-state index in [1.807, 2.05) is 0 Å². The van der Waals surface area contributed by atoms with E-state index in [2.05, 4.69) is 26.1 Å². The third-order valence-electron chi connectivity index (χ3n) is 1.45. The van der Waals surface area contributed by atoms with Crippen molar-refractivity contribution in [3.8, 4) is 0 Å². The largest absolute Gasteiger partial charge is 0.281 e. The van der Waals surface area contributed by atoms with Crippen LogP contribution in [0.4, 0.5) is 13.2 Å². The molecule has 0 aliphatic rings. The number of nitrogens with zero attached hydrogens (tertiary/aromatic N) is 1. The van der Waals surface area contributed by atoms with Crippen molar-refractivity contribution in [1.29, 1.82) is 0 Å². The zero-order chi connectivity index (χ0) is 11.8. The Labute approximate surface area is 91.5 Å². The van der Waals surface area contributed by atoms with Gasteiger partial charge in [-0.1, -0.05) is 0 Å². The van der Waals surface area contributed by atoms with Crippen molar-refractivity contribution in [3.63, 3.8) is 0 Å². The number of primary sulfonamides is 1. The average Bonchev–Trinajstić information content (AvgIpc) is 2.06. The van der Waals surface area contributed by atoms with Gasteiger partial charge in [0, 0.05) is 0 Å². The molecule has 4 nitrogen and oxygen atoms in total. The molecule has 1 heterocycles. The summed E-state index contributed by atoms with van der Waals surface area (Å²) < 4.78 is 58.8. The summed E-state index contributed by atoms with van der Waals surface area (Å²) in [5, 5.41) is 4.67. The van der Waals surface area contributed by atoms with E-state index in [0.29, 0.717) is 6.20 Å². The molecule has 0 aliphatic heterocycles. The molecule has 2 N–H and O–H groups in total. The molecule has 15 heavy (non-hydrogen) atoms. The number of rotatable bonds is 2. The molecule has 0 aliphatic carbocycles. The van der Waals surface area contributed by atoms with Gasteiger partial charge in [0.05, 0.1) is 10.7 Å². The SMILES string of the molecule is NS(=O)(=O)c1c(C(F)F)ncc(F)c1Br. The Kier molecular flexibility index (Phi) is 3.36. The first-order valence-corrected chi connectivity index (χ1v) is 5.74. The first kappa shape index (κ1) is 12.4. The van der Waals surface area contributed by atoms with Gasteiger partial charge in [0.1, 0.15) is 10.6 Å². The highest BCUT2D eigenvalue weighted by molar-refractivity contribution is 9.10. The summed E-state index contributed by atoms with van der Waals surface area (Å²) in [5.41, 5.74) is -1.08. The van der Waals surface area contributed by atoms with Gasteiger partial charge in [-0.2, -0.15) is 0 Å². The Bertz CT molecular complexity index is 491. The van der Waals surface area contributed by atoms with E-state index in [1.165, 1.54) is 0 Å². The predicted octanol–water partition coefficient (Wildman–Crippen LogP) is 1.57. The number of hydrogen-bond acceptors (Lipinski definition) is 3. The fourth-order valence-corrected chi connectivity index (χ4v) is 2.65. The fraction of sp³-hybridized carbons (Fsp3) is 0.167. The van der Waals surface area contributed by atoms with Crippen LogP contribution in [0, 0.1) is 5.82 Å².